The second kappa shape index (κ2) is 59.4. The Bertz CT molecular complexity index is 574. The van der Waals surface area contributed by atoms with E-state index in [0.717, 1.165) is 25.7 Å². The number of carbonyl (C=O) groups is 2. The van der Waals surface area contributed by atoms with Gasteiger partial charge in [0, 0.05) is 36.7 Å². The van der Waals surface area contributed by atoms with Crippen LogP contribution in [0.4, 0.5) is 0 Å². The molecule has 0 fully saturated rings. The number of carboxylic acid groups (broad SMARTS) is 2. The molecule has 0 aromatic carbocycles. The van der Waals surface area contributed by atoms with Crippen molar-refractivity contribution < 1.29 is 19.8 Å². The van der Waals surface area contributed by atoms with Crippen LogP contribution in [0.2, 0.25) is 0 Å². The van der Waals surface area contributed by atoms with Crippen LogP contribution < -0.4 is 0 Å². The fourth-order valence-corrected chi connectivity index (χ4v) is 4.69. The second-order valence-electron chi connectivity index (χ2n) is 13.5. The van der Waals surface area contributed by atoms with Gasteiger partial charge < -0.3 is 10.2 Å². The van der Waals surface area contributed by atoms with Gasteiger partial charge in [-0.15, -0.1) is 0 Å². The first-order valence-electron chi connectivity index (χ1n) is 21.1. The largest absolute Gasteiger partial charge is 0.481 e. The fourth-order valence-electron chi connectivity index (χ4n) is 4.69. The van der Waals surface area contributed by atoms with Crippen LogP contribution >= 0.6 is 0 Å². The molecule has 5 heteroatoms. The van der Waals surface area contributed by atoms with E-state index in [-0.39, 0.29) is 23.9 Å². The molecule has 0 bridgehead atoms. The predicted octanol–water partition coefficient (Wildman–Crippen LogP) is 15.4. The van der Waals surface area contributed by atoms with Crippen molar-refractivity contribution in [3.05, 3.63) is 24.3 Å². The SMILES string of the molecule is CCCC.CCCC.CCCCCCCC/C=C/CCCCCCCC(=O)O.CCCCCCCC/C=C\CCCCCCCC(=O)O.[Sn]. The van der Waals surface area contributed by atoms with E-state index < -0.39 is 11.9 Å². The summed E-state index contributed by atoms with van der Waals surface area (Å²) in [5.74, 6) is -1.33. The Morgan fingerprint density at radius 2 is 0.531 bits per heavy atom. The van der Waals surface area contributed by atoms with Gasteiger partial charge in [0.25, 0.3) is 0 Å². The van der Waals surface area contributed by atoms with Crippen LogP contribution in [0.1, 0.15) is 247 Å². The van der Waals surface area contributed by atoms with Gasteiger partial charge in [0.05, 0.1) is 0 Å². The summed E-state index contributed by atoms with van der Waals surface area (Å²) in [6.07, 6.45) is 47.8. The van der Waals surface area contributed by atoms with Gasteiger partial charge in [-0.2, -0.15) is 0 Å². The summed E-state index contributed by atoms with van der Waals surface area (Å²) in [5.41, 5.74) is 0. The van der Waals surface area contributed by atoms with Crippen molar-refractivity contribution in [2.45, 2.75) is 247 Å². The van der Waals surface area contributed by atoms with Gasteiger partial charge in [-0.1, -0.05) is 194 Å². The van der Waals surface area contributed by atoms with Gasteiger partial charge in [-0.3, -0.25) is 9.59 Å². The average Bonchev–Trinajstić information content (AvgIpc) is 3.08. The molecule has 292 valence electrons. The van der Waals surface area contributed by atoms with E-state index in [2.05, 4.69) is 65.8 Å². The van der Waals surface area contributed by atoms with E-state index in [0.29, 0.717) is 12.8 Å². The monoisotopic (exact) mass is 801 g/mol. The third-order valence-electron chi connectivity index (χ3n) is 8.30. The van der Waals surface area contributed by atoms with Crippen molar-refractivity contribution >= 4 is 35.8 Å². The van der Waals surface area contributed by atoms with E-state index in [1.165, 1.54) is 167 Å². The second-order valence-corrected chi connectivity index (χ2v) is 13.5. The van der Waals surface area contributed by atoms with E-state index in [9.17, 15) is 9.59 Å². The first kappa shape index (κ1) is 57.6. The van der Waals surface area contributed by atoms with Crippen LogP contribution in [0.3, 0.4) is 0 Å². The number of rotatable bonds is 32. The van der Waals surface area contributed by atoms with Crippen molar-refractivity contribution in [1.82, 2.24) is 0 Å². The van der Waals surface area contributed by atoms with Crippen LogP contribution in [-0.2, 0) is 9.59 Å². The van der Waals surface area contributed by atoms with Crippen LogP contribution in [0.5, 0.6) is 0 Å². The molecule has 4 radical (unpaired) electrons. The average molecular weight is 800 g/mol. The molecule has 49 heavy (non-hydrogen) atoms. The number of aliphatic carboxylic acids is 2. The smallest absolute Gasteiger partial charge is 0.303 e. The van der Waals surface area contributed by atoms with Crippen molar-refractivity contribution in [2.24, 2.45) is 0 Å². The zero-order valence-electron chi connectivity index (χ0n) is 34.1. The quantitative estimate of drug-likeness (QED) is 0.0404. The van der Waals surface area contributed by atoms with Gasteiger partial charge in [-0.25, -0.2) is 0 Å². The maximum atomic E-state index is 10.3. The molecular weight excluding hydrogens is 711 g/mol. The summed E-state index contributed by atoms with van der Waals surface area (Å²) in [6, 6.07) is 0. The van der Waals surface area contributed by atoms with Crippen LogP contribution in [0.25, 0.3) is 0 Å². The minimum atomic E-state index is -0.664. The molecule has 4 nitrogen and oxygen atoms in total. The van der Waals surface area contributed by atoms with E-state index >= 15 is 0 Å². The van der Waals surface area contributed by atoms with Gasteiger partial charge in [-0.05, 0) is 64.2 Å². The Morgan fingerprint density at radius 3 is 0.735 bits per heavy atom. The minimum absolute atomic E-state index is 0. The Labute approximate surface area is 325 Å². The molecule has 0 atom stereocenters. The van der Waals surface area contributed by atoms with Gasteiger partial charge in [0.2, 0.25) is 0 Å². The molecule has 0 aliphatic carbocycles. The standard InChI is InChI=1S/2C18H34O2.2C4H10.Sn/c2*1-2-3-4-5-6-7-8-9-10-11-12-13-14-15-16-17-18(19)20;2*1-3-4-2;/h2*9-10H,2-8,11-17H2,1H3,(H,19,20);2*3-4H2,1-2H3;/b10-9+;10-9-;;;. The first-order chi connectivity index (χ1) is 23.4. The molecule has 0 aliphatic heterocycles. The molecule has 0 unspecified atom stereocenters. The van der Waals surface area contributed by atoms with E-state index in [4.69, 9.17) is 10.2 Å². The molecule has 0 aromatic rings. The molecule has 0 heterocycles. The van der Waals surface area contributed by atoms with Crippen LogP contribution in [0.15, 0.2) is 24.3 Å². The molecule has 0 saturated carbocycles. The molecular formula is C44H88O4Sn. The summed E-state index contributed by atoms with van der Waals surface area (Å²) in [6.45, 7) is 13.2. The summed E-state index contributed by atoms with van der Waals surface area (Å²) < 4.78 is 0. The van der Waals surface area contributed by atoms with Crippen molar-refractivity contribution in [2.75, 3.05) is 0 Å². The maximum Gasteiger partial charge on any atom is 0.303 e. The zero-order valence-corrected chi connectivity index (χ0v) is 37.0. The molecule has 2 N–H and O–H groups in total. The summed E-state index contributed by atoms with van der Waals surface area (Å²) in [5, 5.41) is 17.0. The Hall–Kier alpha value is -0.781. The Kier molecular flexibility index (Phi) is 69.7. The van der Waals surface area contributed by atoms with Crippen molar-refractivity contribution in [1.29, 1.82) is 0 Å². The molecule has 0 saturated heterocycles. The normalized spacial score (nSPS) is 10.4. The summed E-state index contributed by atoms with van der Waals surface area (Å²) in [4.78, 5) is 20.6. The number of allylic oxidation sites excluding steroid dienone is 4. The Balaban J connectivity index is -0.000000212. The van der Waals surface area contributed by atoms with Crippen molar-refractivity contribution in [3.8, 4) is 0 Å². The molecule has 0 aliphatic rings. The summed E-state index contributed by atoms with van der Waals surface area (Å²) in [7, 11) is 0. The van der Waals surface area contributed by atoms with E-state index in [1.54, 1.807) is 0 Å². The molecule has 0 spiro atoms. The van der Waals surface area contributed by atoms with Crippen molar-refractivity contribution in [3.63, 3.8) is 0 Å². The molecule has 0 amide bonds. The van der Waals surface area contributed by atoms with Crippen LogP contribution in [0, 0.1) is 0 Å². The minimum Gasteiger partial charge on any atom is -0.481 e. The number of unbranched alkanes of at least 4 members (excludes halogenated alkanes) is 24. The fraction of sp³-hybridized carbons (Fsp3) is 0.864. The number of hydrogen-bond donors (Lipinski definition) is 2. The Morgan fingerprint density at radius 1 is 0.327 bits per heavy atom. The van der Waals surface area contributed by atoms with Crippen LogP contribution in [-0.4, -0.2) is 46.1 Å². The zero-order chi connectivity index (χ0) is 36.6. The van der Waals surface area contributed by atoms with Gasteiger partial charge in [0.15, 0.2) is 0 Å². The molecule has 0 rings (SSSR count). The topological polar surface area (TPSA) is 74.6 Å². The maximum absolute atomic E-state index is 10.3. The predicted molar refractivity (Wildman–Crippen MR) is 221 cm³/mol. The first-order valence-corrected chi connectivity index (χ1v) is 21.1. The third kappa shape index (κ3) is 77.8. The van der Waals surface area contributed by atoms with Gasteiger partial charge in [0.1, 0.15) is 0 Å². The third-order valence-corrected chi connectivity index (χ3v) is 8.30. The summed E-state index contributed by atoms with van der Waals surface area (Å²) >= 11 is 0. The molecule has 0 aromatic heterocycles. The number of carboxylic acids is 2. The number of hydrogen-bond acceptors (Lipinski definition) is 2. The van der Waals surface area contributed by atoms with E-state index in [1.807, 2.05) is 0 Å². The van der Waals surface area contributed by atoms with Gasteiger partial charge >= 0.3 is 11.9 Å².